The van der Waals surface area contributed by atoms with Crippen molar-refractivity contribution in [2.24, 2.45) is 5.92 Å². The highest BCUT2D eigenvalue weighted by Crippen LogP contribution is 2.28. The van der Waals surface area contributed by atoms with Gasteiger partial charge in [0.2, 0.25) is 0 Å². The van der Waals surface area contributed by atoms with Crippen molar-refractivity contribution in [3.05, 3.63) is 59.7 Å². The first-order valence-electron chi connectivity index (χ1n) is 10.4. The predicted octanol–water partition coefficient (Wildman–Crippen LogP) is 4.57. The van der Waals surface area contributed by atoms with E-state index in [0.717, 1.165) is 30.6 Å². The van der Waals surface area contributed by atoms with Crippen LogP contribution in [0, 0.1) is 5.92 Å². The average Bonchev–Trinajstić information content (AvgIpc) is 3.12. The molecule has 2 aromatic carbocycles. The van der Waals surface area contributed by atoms with Crippen molar-refractivity contribution in [2.45, 2.75) is 58.6 Å². The van der Waals surface area contributed by atoms with E-state index in [1.807, 2.05) is 31.2 Å². The lowest BCUT2D eigenvalue weighted by molar-refractivity contribution is -0.122. The van der Waals surface area contributed by atoms with Crippen LogP contribution in [0.5, 0.6) is 5.75 Å². The summed E-state index contributed by atoms with van der Waals surface area (Å²) in [6, 6.07) is 14.8. The van der Waals surface area contributed by atoms with Gasteiger partial charge in [-0.3, -0.25) is 9.59 Å². The number of para-hydroxylation sites is 1. The van der Waals surface area contributed by atoms with E-state index in [4.69, 9.17) is 4.74 Å². The van der Waals surface area contributed by atoms with Gasteiger partial charge in [0.05, 0.1) is 0 Å². The minimum atomic E-state index is -0.550. The van der Waals surface area contributed by atoms with Crippen LogP contribution in [0.25, 0.3) is 0 Å². The molecule has 2 aromatic rings. The summed E-state index contributed by atoms with van der Waals surface area (Å²) in [5, 5.41) is 5.91. The van der Waals surface area contributed by atoms with Crippen LogP contribution in [-0.4, -0.2) is 24.0 Å². The molecule has 0 bridgehead atoms. The zero-order valence-electron chi connectivity index (χ0n) is 17.4. The van der Waals surface area contributed by atoms with Gasteiger partial charge in [0.25, 0.3) is 11.8 Å². The molecule has 0 aliphatic carbocycles. The van der Waals surface area contributed by atoms with Crippen LogP contribution in [0.4, 0.5) is 5.69 Å². The van der Waals surface area contributed by atoms with Crippen LogP contribution in [0.15, 0.2) is 48.5 Å². The number of carbonyl (C=O) groups excluding carboxylic acids is 2. The number of benzene rings is 2. The van der Waals surface area contributed by atoms with Crippen LogP contribution in [0.3, 0.4) is 0 Å². The molecule has 0 fully saturated rings. The molecule has 0 spiro atoms. The van der Waals surface area contributed by atoms with E-state index in [9.17, 15) is 9.59 Å². The normalized spacial score (nSPS) is 16.1. The number of carbonyl (C=O) groups is 2. The Labute approximate surface area is 172 Å². The summed E-state index contributed by atoms with van der Waals surface area (Å²) in [6.45, 7) is 6.44. The van der Waals surface area contributed by atoms with Gasteiger partial charge in [0, 0.05) is 23.7 Å². The topological polar surface area (TPSA) is 67.4 Å². The molecule has 0 saturated heterocycles. The lowest BCUT2D eigenvalue weighted by atomic mass is 10.0. The molecule has 2 unspecified atom stereocenters. The van der Waals surface area contributed by atoms with Crippen LogP contribution >= 0.6 is 0 Å². The molecule has 2 N–H and O–H groups in total. The molecule has 0 aromatic heterocycles. The SMILES string of the molecule is CC(C)CCCC(C)NC(=O)c1cccc(NC(=O)C2Cc3ccccc3O2)c1. The van der Waals surface area contributed by atoms with E-state index < -0.39 is 6.10 Å². The second kappa shape index (κ2) is 9.59. The summed E-state index contributed by atoms with van der Waals surface area (Å²) in [7, 11) is 0. The van der Waals surface area contributed by atoms with Gasteiger partial charge < -0.3 is 15.4 Å². The molecule has 0 saturated carbocycles. The van der Waals surface area contributed by atoms with E-state index in [1.165, 1.54) is 0 Å². The van der Waals surface area contributed by atoms with Crippen molar-refractivity contribution < 1.29 is 14.3 Å². The quantitative estimate of drug-likeness (QED) is 0.689. The minimum Gasteiger partial charge on any atom is -0.480 e. The van der Waals surface area contributed by atoms with E-state index in [0.29, 0.717) is 23.6 Å². The Morgan fingerprint density at radius 1 is 1.07 bits per heavy atom. The second-order valence-corrected chi connectivity index (χ2v) is 8.19. The molecule has 2 amide bonds. The Hall–Kier alpha value is -2.82. The number of hydrogen-bond acceptors (Lipinski definition) is 3. The lowest BCUT2D eigenvalue weighted by Gasteiger charge is -2.15. The first-order chi connectivity index (χ1) is 13.9. The maximum Gasteiger partial charge on any atom is 0.265 e. The van der Waals surface area contributed by atoms with Crippen LogP contribution in [0.1, 0.15) is 56.0 Å². The van der Waals surface area contributed by atoms with Crippen LogP contribution < -0.4 is 15.4 Å². The third kappa shape index (κ3) is 5.83. The molecule has 29 heavy (non-hydrogen) atoms. The third-order valence-corrected chi connectivity index (χ3v) is 5.13. The zero-order chi connectivity index (χ0) is 20.8. The fourth-order valence-electron chi connectivity index (χ4n) is 3.50. The summed E-state index contributed by atoms with van der Waals surface area (Å²) in [5.74, 6) is 1.10. The highest BCUT2D eigenvalue weighted by atomic mass is 16.5. The highest BCUT2D eigenvalue weighted by Gasteiger charge is 2.28. The first kappa shape index (κ1) is 20.9. The van der Waals surface area contributed by atoms with E-state index >= 15 is 0 Å². The summed E-state index contributed by atoms with van der Waals surface area (Å²) < 4.78 is 5.73. The Morgan fingerprint density at radius 3 is 2.62 bits per heavy atom. The van der Waals surface area contributed by atoms with Gasteiger partial charge in [-0.25, -0.2) is 0 Å². The predicted molar refractivity (Wildman–Crippen MR) is 115 cm³/mol. The molecule has 1 aliphatic heterocycles. The molecule has 3 rings (SSSR count). The number of amides is 2. The van der Waals surface area contributed by atoms with Crippen LogP contribution in [0.2, 0.25) is 0 Å². The molecule has 5 nitrogen and oxygen atoms in total. The van der Waals surface area contributed by atoms with Gasteiger partial charge >= 0.3 is 0 Å². The summed E-state index contributed by atoms with van der Waals surface area (Å²) in [6.07, 6.45) is 3.22. The molecular weight excluding hydrogens is 364 g/mol. The smallest absolute Gasteiger partial charge is 0.265 e. The van der Waals surface area contributed by atoms with Gasteiger partial charge in [0.15, 0.2) is 6.10 Å². The van der Waals surface area contributed by atoms with Crippen molar-refractivity contribution >= 4 is 17.5 Å². The Morgan fingerprint density at radius 2 is 1.86 bits per heavy atom. The Bertz CT molecular complexity index is 838. The van der Waals surface area contributed by atoms with E-state index in [2.05, 4.69) is 24.5 Å². The van der Waals surface area contributed by atoms with Crippen molar-refractivity contribution in [1.82, 2.24) is 5.32 Å². The number of fused-ring (bicyclic) bond motifs is 1. The molecule has 154 valence electrons. The third-order valence-electron chi connectivity index (χ3n) is 5.13. The van der Waals surface area contributed by atoms with Gasteiger partial charge in [-0.2, -0.15) is 0 Å². The standard InChI is InChI=1S/C24H30N2O3/c1-16(2)8-6-9-17(3)25-23(27)19-11-7-12-20(14-19)26-24(28)22-15-18-10-4-5-13-21(18)29-22/h4-5,7,10-14,16-17,22H,6,8-9,15H2,1-3H3,(H,25,27)(H,26,28). The van der Waals surface area contributed by atoms with Gasteiger partial charge in [-0.05, 0) is 49.1 Å². The molecule has 5 heteroatoms. The molecular formula is C24H30N2O3. The summed E-state index contributed by atoms with van der Waals surface area (Å²) >= 11 is 0. The Kier molecular flexibility index (Phi) is 6.91. The number of hydrogen-bond donors (Lipinski definition) is 2. The van der Waals surface area contributed by atoms with Gasteiger partial charge in [-0.1, -0.05) is 51.0 Å². The van der Waals surface area contributed by atoms with Gasteiger partial charge in [-0.15, -0.1) is 0 Å². The number of ether oxygens (including phenoxy) is 1. The monoisotopic (exact) mass is 394 g/mol. The van der Waals surface area contributed by atoms with Crippen molar-refractivity contribution in [2.75, 3.05) is 5.32 Å². The largest absolute Gasteiger partial charge is 0.480 e. The fourth-order valence-corrected chi connectivity index (χ4v) is 3.50. The second-order valence-electron chi connectivity index (χ2n) is 8.19. The van der Waals surface area contributed by atoms with E-state index in [-0.39, 0.29) is 17.9 Å². The molecule has 1 aliphatic rings. The molecule has 2 atom stereocenters. The van der Waals surface area contributed by atoms with E-state index in [1.54, 1.807) is 24.3 Å². The minimum absolute atomic E-state index is 0.116. The van der Waals surface area contributed by atoms with Crippen molar-refractivity contribution in [3.8, 4) is 5.75 Å². The maximum absolute atomic E-state index is 12.6. The zero-order valence-corrected chi connectivity index (χ0v) is 17.4. The maximum atomic E-state index is 12.6. The van der Waals surface area contributed by atoms with Gasteiger partial charge in [0.1, 0.15) is 5.75 Å². The first-order valence-corrected chi connectivity index (χ1v) is 10.4. The van der Waals surface area contributed by atoms with Crippen molar-refractivity contribution in [3.63, 3.8) is 0 Å². The lowest BCUT2D eigenvalue weighted by Crippen LogP contribution is -2.33. The summed E-state index contributed by atoms with van der Waals surface area (Å²) in [5.41, 5.74) is 2.16. The highest BCUT2D eigenvalue weighted by molar-refractivity contribution is 5.98. The van der Waals surface area contributed by atoms with Crippen LogP contribution in [-0.2, 0) is 11.2 Å². The number of anilines is 1. The van der Waals surface area contributed by atoms with Crippen molar-refractivity contribution in [1.29, 1.82) is 0 Å². The molecule has 0 radical (unpaired) electrons. The summed E-state index contributed by atoms with van der Waals surface area (Å²) in [4.78, 5) is 25.1. The fraction of sp³-hybridized carbons (Fsp3) is 0.417. The Balaban J connectivity index is 1.54. The average molecular weight is 395 g/mol. The number of nitrogens with one attached hydrogen (secondary N) is 2. The number of rotatable bonds is 8. The molecule has 1 heterocycles.